The van der Waals surface area contributed by atoms with Gasteiger partial charge in [0.15, 0.2) is 0 Å². The van der Waals surface area contributed by atoms with Crippen LogP contribution >= 0.6 is 0 Å². The summed E-state index contributed by atoms with van der Waals surface area (Å²) < 4.78 is 0. The molecule has 0 aliphatic heterocycles. The van der Waals surface area contributed by atoms with Gasteiger partial charge in [-0.15, -0.1) is 0 Å². The molecule has 0 rings (SSSR count). The number of carboxylic acid groups (broad SMARTS) is 1. The number of hydrogen-bond acceptors (Lipinski definition) is 1. The van der Waals surface area contributed by atoms with Crippen molar-refractivity contribution in [1.82, 2.24) is 0 Å². The summed E-state index contributed by atoms with van der Waals surface area (Å²) in [6, 6.07) is 0. The summed E-state index contributed by atoms with van der Waals surface area (Å²) in [5.41, 5.74) is 0. The molecule has 0 aliphatic rings. The minimum atomic E-state index is -0.833. The smallest absolute Gasteiger partial charge is 1.00 e. The molecule has 0 fully saturated rings. The summed E-state index contributed by atoms with van der Waals surface area (Å²) in [5.74, 6) is -0.833. The molecule has 0 saturated heterocycles. The zero-order valence-electron chi connectivity index (χ0n) is 5.06. The Labute approximate surface area is 37.0 Å². The zero-order chi connectivity index (χ0) is 3.58. The van der Waals surface area contributed by atoms with Crippen LogP contribution in [0.25, 0.3) is 0 Å². The summed E-state index contributed by atoms with van der Waals surface area (Å²) in [6.45, 7) is 1.08. The molecule has 28 valence electrons. The predicted molar refractivity (Wildman–Crippen MR) is 21.3 cm³/mol. The van der Waals surface area contributed by atoms with E-state index in [0.29, 0.717) is 0 Å². The number of hydrogen-bond donors (Lipinski definition) is 1. The molecule has 0 unspecified atom stereocenters. The van der Waals surface area contributed by atoms with Crippen LogP contribution in [0.2, 0.25) is 0 Å². The van der Waals surface area contributed by atoms with Crippen molar-refractivity contribution < 1.29 is 12.8 Å². The molecule has 1 N–H and O–H groups in total. The van der Waals surface area contributed by atoms with E-state index in [1.54, 1.807) is 0 Å². The Morgan fingerprint density at radius 3 is 2.00 bits per heavy atom. The van der Waals surface area contributed by atoms with Gasteiger partial charge in [0.2, 0.25) is 0 Å². The molecule has 5 heavy (non-hydrogen) atoms. The van der Waals surface area contributed by atoms with E-state index >= 15 is 0 Å². The first-order chi connectivity index (χ1) is 1.73. The molecule has 0 atom stereocenters. The standard InChI is InChI=1S/C2H4O2.Be.2H/c1-2(3)4;;;/h1H3,(H,3,4);;;/q;+2;2*-1. The molecule has 0 bridgehead atoms. The minimum Gasteiger partial charge on any atom is -1.00 e. The second-order valence-corrected chi connectivity index (χ2v) is 0.519. The van der Waals surface area contributed by atoms with Crippen LogP contribution in [-0.2, 0) is 4.79 Å². The van der Waals surface area contributed by atoms with Crippen molar-refractivity contribution in [2.24, 2.45) is 0 Å². The monoisotopic (exact) mass is 71.0 g/mol. The fourth-order valence-electron chi connectivity index (χ4n) is 0. The Morgan fingerprint density at radius 2 is 2.00 bits per heavy atom. The van der Waals surface area contributed by atoms with E-state index in [1.165, 1.54) is 0 Å². The molecular weight excluding hydrogens is 65.0 g/mol. The average molecular weight is 71.1 g/mol. The molecule has 0 saturated carbocycles. The van der Waals surface area contributed by atoms with Gasteiger partial charge in [0.1, 0.15) is 0 Å². The van der Waals surface area contributed by atoms with Gasteiger partial charge in [-0.25, -0.2) is 0 Å². The topological polar surface area (TPSA) is 37.3 Å². The van der Waals surface area contributed by atoms with E-state index in [1.807, 2.05) is 0 Å². The predicted octanol–water partition coefficient (Wildman–Crippen LogP) is -0.0649. The molecular formula is C2H6BeO2. The van der Waals surface area contributed by atoms with Gasteiger partial charge < -0.3 is 7.96 Å². The summed E-state index contributed by atoms with van der Waals surface area (Å²) in [6.07, 6.45) is 0. The van der Waals surface area contributed by atoms with Crippen molar-refractivity contribution in [3.8, 4) is 0 Å². The number of carboxylic acids is 1. The van der Waals surface area contributed by atoms with E-state index in [0.717, 1.165) is 6.92 Å². The van der Waals surface area contributed by atoms with E-state index < -0.39 is 5.97 Å². The Kier molecular flexibility index (Phi) is 6.42. The van der Waals surface area contributed by atoms with Crippen molar-refractivity contribution in [2.45, 2.75) is 6.92 Å². The first-order valence-electron chi connectivity index (χ1n) is 0.928. The van der Waals surface area contributed by atoms with Gasteiger partial charge in [0.25, 0.3) is 5.97 Å². The molecule has 0 aromatic rings. The van der Waals surface area contributed by atoms with Crippen LogP contribution in [0.5, 0.6) is 0 Å². The maximum atomic E-state index is 9.00. The second kappa shape index (κ2) is 3.64. The van der Waals surface area contributed by atoms with E-state index in [9.17, 15) is 0 Å². The Morgan fingerprint density at radius 1 is 2.00 bits per heavy atom. The van der Waals surface area contributed by atoms with Crippen LogP contribution in [-0.4, -0.2) is 21.2 Å². The number of carbonyl (C=O) groups is 1. The number of aliphatic carboxylic acids is 1. The molecule has 0 aromatic heterocycles. The van der Waals surface area contributed by atoms with Crippen LogP contribution in [0.15, 0.2) is 0 Å². The van der Waals surface area contributed by atoms with Crippen molar-refractivity contribution in [2.75, 3.05) is 0 Å². The Bertz CT molecular complexity index is 36.7. The van der Waals surface area contributed by atoms with E-state index in [4.69, 9.17) is 9.90 Å². The molecule has 0 heterocycles. The summed E-state index contributed by atoms with van der Waals surface area (Å²) in [5, 5.41) is 7.42. The molecule has 0 spiro atoms. The van der Waals surface area contributed by atoms with Gasteiger partial charge in [0, 0.05) is 6.92 Å². The van der Waals surface area contributed by atoms with Crippen LogP contribution < -0.4 is 0 Å². The molecule has 0 aromatic carbocycles. The molecule has 0 aliphatic carbocycles. The van der Waals surface area contributed by atoms with Gasteiger partial charge in [0.05, 0.1) is 0 Å². The fourth-order valence-corrected chi connectivity index (χ4v) is 0. The normalized spacial score (nSPS) is 5.00. The van der Waals surface area contributed by atoms with Crippen LogP contribution in [0.1, 0.15) is 9.78 Å². The number of rotatable bonds is 0. The van der Waals surface area contributed by atoms with Crippen molar-refractivity contribution in [3.05, 3.63) is 0 Å². The Balaban J connectivity index is -0.0000000150. The van der Waals surface area contributed by atoms with Gasteiger partial charge in [-0.2, -0.15) is 0 Å². The van der Waals surface area contributed by atoms with E-state index in [-0.39, 0.29) is 13.0 Å². The minimum absolute atomic E-state index is 0. The first kappa shape index (κ1) is 8.82. The SMILES string of the molecule is CC(=O)O.[Be+2].[H-].[H-]. The fraction of sp³-hybridized carbons (Fsp3) is 0.500. The van der Waals surface area contributed by atoms with Crippen LogP contribution in [0, 0.1) is 0 Å². The van der Waals surface area contributed by atoms with Crippen molar-refractivity contribution in [1.29, 1.82) is 0 Å². The van der Waals surface area contributed by atoms with Gasteiger partial charge in [-0.1, -0.05) is 0 Å². The quantitative estimate of drug-likeness (QED) is 0.406. The third-order valence-electron chi connectivity index (χ3n) is 0. The van der Waals surface area contributed by atoms with Crippen LogP contribution in [0.4, 0.5) is 0 Å². The van der Waals surface area contributed by atoms with E-state index in [2.05, 4.69) is 0 Å². The maximum Gasteiger partial charge on any atom is 2.00 e. The Hall–Kier alpha value is -0.361. The second-order valence-electron chi connectivity index (χ2n) is 0.519. The van der Waals surface area contributed by atoms with Gasteiger partial charge in [-0.3, -0.25) is 4.79 Å². The average Bonchev–Trinajstić information content (AvgIpc) is 0.811. The van der Waals surface area contributed by atoms with Crippen LogP contribution in [0.3, 0.4) is 0 Å². The zero-order valence-corrected chi connectivity index (χ0v) is 3.06. The maximum absolute atomic E-state index is 9.00. The molecule has 0 radical (unpaired) electrons. The first-order valence-corrected chi connectivity index (χ1v) is 0.928. The third kappa shape index (κ3) is 74.9. The third-order valence-corrected chi connectivity index (χ3v) is 0. The largest absolute Gasteiger partial charge is 2.00 e. The summed E-state index contributed by atoms with van der Waals surface area (Å²) in [4.78, 5) is 9.00. The summed E-state index contributed by atoms with van der Waals surface area (Å²) in [7, 11) is 0. The summed E-state index contributed by atoms with van der Waals surface area (Å²) >= 11 is 0. The van der Waals surface area contributed by atoms with Crippen molar-refractivity contribution >= 4 is 16.1 Å². The molecule has 2 nitrogen and oxygen atoms in total. The van der Waals surface area contributed by atoms with Gasteiger partial charge in [-0.05, 0) is 0 Å². The van der Waals surface area contributed by atoms with Crippen molar-refractivity contribution in [3.63, 3.8) is 0 Å². The van der Waals surface area contributed by atoms with Gasteiger partial charge >= 0.3 is 10.1 Å². The molecule has 3 heteroatoms. The molecule has 0 amide bonds.